The maximum Gasteiger partial charge on any atom is 0.242 e. The van der Waals surface area contributed by atoms with E-state index in [1.54, 1.807) is 12.4 Å². The lowest BCUT2D eigenvalue weighted by Gasteiger charge is -2.39. The molecule has 2 N–H and O–H groups in total. The third-order valence-electron chi connectivity index (χ3n) is 8.37. The molecule has 0 unspecified atom stereocenters. The van der Waals surface area contributed by atoms with E-state index in [2.05, 4.69) is 36.5 Å². The summed E-state index contributed by atoms with van der Waals surface area (Å²) in [5.74, 6) is 2.02. The number of piperidine rings is 1. The van der Waals surface area contributed by atoms with Crippen LogP contribution in [-0.2, 0) is 14.9 Å². The average Bonchev–Trinajstić information content (AvgIpc) is 3.39. The fourth-order valence-electron chi connectivity index (χ4n) is 5.72. The van der Waals surface area contributed by atoms with Crippen LogP contribution in [-0.4, -0.2) is 72.8 Å². The Kier molecular flexibility index (Phi) is 6.75. The summed E-state index contributed by atoms with van der Waals surface area (Å²) in [7, 11) is 0. The number of nitrogens with one attached hydrogen (secondary N) is 2. The normalized spacial score (nSPS) is 23.7. The van der Waals surface area contributed by atoms with Crippen LogP contribution in [0.25, 0.3) is 0 Å². The smallest absolute Gasteiger partial charge is 0.242 e. The first-order valence-electron chi connectivity index (χ1n) is 13.6. The van der Waals surface area contributed by atoms with Crippen molar-refractivity contribution in [1.82, 2.24) is 20.3 Å². The van der Waals surface area contributed by atoms with Crippen molar-refractivity contribution in [1.29, 1.82) is 0 Å². The van der Waals surface area contributed by atoms with Crippen LogP contribution in [0.4, 0.5) is 17.3 Å². The molecule has 0 bridgehead atoms. The number of carbonyl (C=O) groups is 1. The van der Waals surface area contributed by atoms with Gasteiger partial charge in [0.2, 0.25) is 5.91 Å². The number of amides is 1. The minimum atomic E-state index is -0.793. The highest BCUT2D eigenvalue weighted by Crippen LogP contribution is 2.34. The summed E-state index contributed by atoms with van der Waals surface area (Å²) in [5, 5.41) is 6.78. The second-order valence-corrected chi connectivity index (χ2v) is 10.9. The zero-order valence-electron chi connectivity index (χ0n) is 21.0. The Morgan fingerprint density at radius 2 is 1.83 bits per heavy atom. The van der Waals surface area contributed by atoms with Gasteiger partial charge < -0.3 is 25.2 Å². The molecule has 0 spiro atoms. The van der Waals surface area contributed by atoms with Crippen molar-refractivity contribution in [2.24, 2.45) is 5.92 Å². The van der Waals surface area contributed by atoms with Crippen LogP contribution in [0.5, 0.6) is 0 Å². The zero-order chi connectivity index (χ0) is 24.4. The molecule has 4 fully saturated rings. The van der Waals surface area contributed by atoms with Gasteiger partial charge in [0.1, 0.15) is 11.2 Å². The molecule has 192 valence electrons. The monoisotopic (exact) mass is 491 g/mol. The maximum atomic E-state index is 13.4. The summed E-state index contributed by atoms with van der Waals surface area (Å²) < 4.78 is 5.51. The highest BCUT2D eigenvalue weighted by atomic mass is 16.5. The molecule has 1 atom stereocenters. The van der Waals surface area contributed by atoms with E-state index >= 15 is 0 Å². The number of pyridine rings is 1. The van der Waals surface area contributed by atoms with Crippen LogP contribution in [0, 0.1) is 5.92 Å². The van der Waals surface area contributed by atoms with E-state index in [9.17, 15) is 4.79 Å². The van der Waals surface area contributed by atoms with Gasteiger partial charge in [0, 0.05) is 32.2 Å². The van der Waals surface area contributed by atoms with E-state index < -0.39 is 5.41 Å². The number of nitrogens with zero attached hydrogens (tertiary/aromatic N) is 5. The second kappa shape index (κ2) is 10.3. The molecule has 5 heterocycles. The predicted molar refractivity (Wildman–Crippen MR) is 139 cm³/mol. The zero-order valence-corrected chi connectivity index (χ0v) is 21.0. The molecule has 6 rings (SSSR count). The van der Waals surface area contributed by atoms with Crippen LogP contribution in [0.15, 0.2) is 30.7 Å². The Balaban J connectivity index is 1.10. The lowest BCUT2D eigenvalue weighted by Crippen LogP contribution is -2.56. The Bertz CT molecular complexity index is 1050. The van der Waals surface area contributed by atoms with E-state index in [1.165, 1.54) is 32.1 Å². The average molecular weight is 492 g/mol. The van der Waals surface area contributed by atoms with Crippen LogP contribution < -0.4 is 20.4 Å². The molecule has 4 aliphatic rings. The largest absolute Gasteiger partial charge is 0.378 e. The topological polar surface area (TPSA) is 95.5 Å². The molecule has 2 aromatic rings. The minimum Gasteiger partial charge on any atom is -0.378 e. The van der Waals surface area contributed by atoms with Gasteiger partial charge in [-0.15, -0.1) is 0 Å². The summed E-state index contributed by atoms with van der Waals surface area (Å²) in [6.07, 6.45) is 14.2. The molecule has 0 aromatic carbocycles. The lowest BCUT2D eigenvalue weighted by atomic mass is 9.81. The van der Waals surface area contributed by atoms with Crippen molar-refractivity contribution < 1.29 is 9.53 Å². The SMILES string of the molecule is O=C(Nc1cncc(N2CCCC2)n1)C1(c2ccc(N3CCC[C@@H](NCC4CCC4)C3)cn2)COC1. The molecule has 3 saturated heterocycles. The van der Waals surface area contributed by atoms with Gasteiger partial charge in [-0.05, 0) is 63.1 Å². The first kappa shape index (κ1) is 23.6. The number of hydrogen-bond acceptors (Lipinski definition) is 8. The minimum absolute atomic E-state index is 0.139. The summed E-state index contributed by atoms with van der Waals surface area (Å²) in [6, 6.07) is 4.64. The summed E-state index contributed by atoms with van der Waals surface area (Å²) >= 11 is 0. The lowest BCUT2D eigenvalue weighted by molar-refractivity contribution is -0.140. The molecule has 9 nitrogen and oxygen atoms in total. The van der Waals surface area contributed by atoms with Gasteiger partial charge in [-0.1, -0.05) is 6.42 Å². The molecule has 3 aliphatic heterocycles. The van der Waals surface area contributed by atoms with Crippen molar-refractivity contribution in [3.8, 4) is 0 Å². The van der Waals surface area contributed by atoms with Crippen molar-refractivity contribution >= 4 is 23.2 Å². The van der Waals surface area contributed by atoms with E-state index in [1.807, 2.05) is 12.3 Å². The van der Waals surface area contributed by atoms with Crippen molar-refractivity contribution in [3.05, 3.63) is 36.4 Å². The van der Waals surface area contributed by atoms with Crippen LogP contribution >= 0.6 is 0 Å². The van der Waals surface area contributed by atoms with Crippen LogP contribution in [0.2, 0.25) is 0 Å². The summed E-state index contributed by atoms with van der Waals surface area (Å²) in [4.78, 5) is 31.7. The molecule has 1 amide bonds. The van der Waals surface area contributed by atoms with E-state index in [4.69, 9.17) is 9.72 Å². The Morgan fingerprint density at radius 1 is 1.00 bits per heavy atom. The van der Waals surface area contributed by atoms with E-state index in [0.29, 0.717) is 25.1 Å². The molecular weight excluding hydrogens is 454 g/mol. The van der Waals surface area contributed by atoms with Gasteiger partial charge >= 0.3 is 0 Å². The molecule has 2 aromatic heterocycles. The quantitative estimate of drug-likeness (QED) is 0.582. The number of hydrogen-bond donors (Lipinski definition) is 2. The van der Waals surface area contributed by atoms with Crippen molar-refractivity contribution in [3.63, 3.8) is 0 Å². The Labute approximate surface area is 213 Å². The second-order valence-electron chi connectivity index (χ2n) is 10.9. The number of carbonyl (C=O) groups excluding carboxylic acids is 1. The van der Waals surface area contributed by atoms with Gasteiger partial charge in [0.05, 0.1) is 43.2 Å². The van der Waals surface area contributed by atoms with Gasteiger partial charge in [0.15, 0.2) is 5.82 Å². The van der Waals surface area contributed by atoms with Crippen molar-refractivity contribution in [2.75, 3.05) is 61.1 Å². The molecule has 1 saturated carbocycles. The molecular formula is C27H37N7O2. The molecule has 0 radical (unpaired) electrons. The fourth-order valence-corrected chi connectivity index (χ4v) is 5.72. The number of anilines is 3. The summed E-state index contributed by atoms with van der Waals surface area (Å²) in [5.41, 5.74) is 1.07. The third-order valence-corrected chi connectivity index (χ3v) is 8.37. The Hall–Kier alpha value is -2.78. The highest BCUT2D eigenvalue weighted by Gasteiger charge is 2.49. The third kappa shape index (κ3) is 4.78. The first-order chi connectivity index (χ1) is 17.7. The number of rotatable bonds is 8. The summed E-state index contributed by atoms with van der Waals surface area (Å²) in [6.45, 7) is 5.81. The Morgan fingerprint density at radius 3 is 2.53 bits per heavy atom. The highest BCUT2D eigenvalue weighted by molar-refractivity contribution is 5.99. The molecule has 1 aliphatic carbocycles. The standard InChI is InChI=1S/C27H37N7O2/c35-26(32-24-15-28-16-25(31-24)33-10-1-2-11-33)27(18-36-19-27)23-9-8-22(14-30-23)34-12-4-7-21(17-34)29-13-20-5-3-6-20/h8-9,14-16,20-21,29H,1-7,10-13,17-19H2,(H,31,32,35)/t21-/m1/s1. The van der Waals surface area contributed by atoms with Crippen LogP contribution in [0.1, 0.15) is 50.6 Å². The number of aromatic nitrogens is 3. The van der Waals surface area contributed by atoms with Gasteiger partial charge in [-0.25, -0.2) is 4.98 Å². The first-order valence-corrected chi connectivity index (χ1v) is 13.6. The molecule has 9 heteroatoms. The maximum absolute atomic E-state index is 13.4. The van der Waals surface area contributed by atoms with Gasteiger partial charge in [-0.2, -0.15) is 0 Å². The predicted octanol–water partition coefficient (Wildman–Crippen LogP) is 2.74. The number of ether oxygens (including phenoxy) is 1. The van der Waals surface area contributed by atoms with Gasteiger partial charge in [-0.3, -0.25) is 14.8 Å². The van der Waals surface area contributed by atoms with E-state index in [-0.39, 0.29) is 5.91 Å². The van der Waals surface area contributed by atoms with Gasteiger partial charge in [0.25, 0.3) is 0 Å². The van der Waals surface area contributed by atoms with E-state index in [0.717, 1.165) is 68.7 Å². The van der Waals surface area contributed by atoms with Crippen LogP contribution in [0.3, 0.4) is 0 Å². The van der Waals surface area contributed by atoms with Crippen molar-refractivity contribution in [2.45, 2.75) is 56.4 Å². The fraction of sp³-hybridized carbons (Fsp3) is 0.630. The molecule has 36 heavy (non-hydrogen) atoms.